The van der Waals surface area contributed by atoms with Crippen LogP contribution in [0.25, 0.3) is 0 Å². The van der Waals surface area contributed by atoms with Gasteiger partial charge in [0.1, 0.15) is 12.1 Å². The second-order valence-electron chi connectivity index (χ2n) is 11.7. The van der Waals surface area contributed by atoms with Gasteiger partial charge in [-0.1, -0.05) is 44.2 Å². The van der Waals surface area contributed by atoms with Crippen LogP contribution in [-0.2, 0) is 30.9 Å². The van der Waals surface area contributed by atoms with Crippen LogP contribution in [0.15, 0.2) is 30.3 Å². The molecule has 2 aliphatic rings. The highest BCUT2D eigenvalue weighted by atomic mass is 32.2. The van der Waals surface area contributed by atoms with Gasteiger partial charge in [0.25, 0.3) is 10.1 Å². The molecule has 1 saturated heterocycles. The summed E-state index contributed by atoms with van der Waals surface area (Å²) in [5.74, 6) is -5.12. The van der Waals surface area contributed by atoms with Crippen LogP contribution in [0, 0.1) is 17.8 Å². The summed E-state index contributed by atoms with van der Waals surface area (Å²) < 4.78 is 66.3. The summed E-state index contributed by atoms with van der Waals surface area (Å²) in [5.41, 5.74) is -1.55. The molecule has 3 rings (SSSR count). The molecule has 1 aliphatic carbocycles. The number of halogens is 2. The Hall–Kier alpha value is -2.84. The first-order chi connectivity index (χ1) is 19.6. The fourth-order valence-electron chi connectivity index (χ4n) is 5.52. The number of aliphatic hydroxyl groups excluding tert-OH is 1. The average Bonchev–Trinajstić information content (AvgIpc) is 3.30. The van der Waals surface area contributed by atoms with E-state index in [4.69, 9.17) is 4.74 Å². The first-order valence-electron chi connectivity index (χ1n) is 14.3. The van der Waals surface area contributed by atoms with E-state index in [0.717, 1.165) is 5.56 Å². The minimum Gasteiger partial charge on any atom is -0.446 e. The Bertz CT molecular complexity index is 1170. The van der Waals surface area contributed by atoms with E-state index in [-0.39, 0.29) is 62.7 Å². The van der Waals surface area contributed by atoms with Crippen LogP contribution in [0.1, 0.15) is 64.4 Å². The van der Waals surface area contributed by atoms with Crippen molar-refractivity contribution in [1.29, 1.82) is 0 Å². The molecule has 0 spiro atoms. The second kappa shape index (κ2) is 14.6. The van der Waals surface area contributed by atoms with Gasteiger partial charge in [-0.3, -0.25) is 14.1 Å². The summed E-state index contributed by atoms with van der Waals surface area (Å²) in [6, 6.07) is 6.38. The van der Waals surface area contributed by atoms with Gasteiger partial charge in [-0.2, -0.15) is 8.42 Å². The lowest BCUT2D eigenvalue weighted by Crippen LogP contribution is -2.55. The van der Waals surface area contributed by atoms with E-state index < -0.39 is 57.6 Å². The van der Waals surface area contributed by atoms with Crippen molar-refractivity contribution in [3.8, 4) is 0 Å². The molecule has 2 fully saturated rings. The number of amides is 3. The van der Waals surface area contributed by atoms with Gasteiger partial charge in [-0.05, 0) is 49.5 Å². The first kappa shape index (κ1) is 33.7. The lowest BCUT2D eigenvalue weighted by atomic mass is 9.81. The average molecular weight is 618 g/mol. The Morgan fingerprint density at radius 1 is 1.12 bits per heavy atom. The van der Waals surface area contributed by atoms with Crippen LogP contribution in [0.4, 0.5) is 13.6 Å². The molecule has 0 bridgehead atoms. The number of alkyl halides is 2. The number of alkyl carbamates (subject to hydrolysis) is 1. The zero-order valence-corrected chi connectivity index (χ0v) is 24.6. The highest BCUT2D eigenvalue weighted by Gasteiger charge is 2.40. The predicted molar refractivity (Wildman–Crippen MR) is 149 cm³/mol. The summed E-state index contributed by atoms with van der Waals surface area (Å²) in [6.07, 6.45) is -1.50. The number of hydrogen-bond acceptors (Lipinski definition) is 7. The van der Waals surface area contributed by atoms with Crippen LogP contribution in [0.3, 0.4) is 0 Å². The van der Waals surface area contributed by atoms with Crippen molar-refractivity contribution >= 4 is 28.0 Å². The molecule has 14 heteroatoms. The van der Waals surface area contributed by atoms with Crippen molar-refractivity contribution in [1.82, 2.24) is 16.0 Å². The molecule has 1 heterocycles. The molecular formula is C28H41F2N3O8S. The van der Waals surface area contributed by atoms with Gasteiger partial charge in [-0.15, -0.1) is 0 Å². The molecule has 1 aromatic carbocycles. The predicted octanol–water partition coefficient (Wildman–Crippen LogP) is 2.78. The number of ether oxygens (including phenoxy) is 1. The number of benzene rings is 1. The summed E-state index contributed by atoms with van der Waals surface area (Å²) in [6.45, 7) is 3.93. The fraction of sp³-hybridized carbons (Fsp3) is 0.679. The number of nitrogens with one attached hydrogen (secondary N) is 3. The first-order valence-corrected chi connectivity index (χ1v) is 15.8. The van der Waals surface area contributed by atoms with Crippen LogP contribution in [0.2, 0.25) is 0 Å². The van der Waals surface area contributed by atoms with E-state index in [2.05, 4.69) is 16.0 Å². The van der Waals surface area contributed by atoms with Crippen molar-refractivity contribution in [3.63, 3.8) is 0 Å². The van der Waals surface area contributed by atoms with Crippen molar-refractivity contribution in [2.75, 3.05) is 6.54 Å². The Balaban J connectivity index is 1.74. The summed E-state index contributed by atoms with van der Waals surface area (Å²) in [5, 5.41) is 17.8. The lowest BCUT2D eigenvalue weighted by molar-refractivity contribution is -0.126. The molecule has 11 nitrogen and oxygen atoms in total. The third-order valence-corrected chi connectivity index (χ3v) is 8.76. The maximum absolute atomic E-state index is 13.8. The Morgan fingerprint density at radius 2 is 1.76 bits per heavy atom. The molecular weight excluding hydrogens is 576 g/mol. The number of aliphatic hydroxyl groups is 1. The monoisotopic (exact) mass is 617 g/mol. The third kappa shape index (κ3) is 10.2. The number of carbonyl (C=O) groups excluding carboxylic acids is 3. The molecule has 0 aromatic heterocycles. The molecule has 5 N–H and O–H groups in total. The Kier molecular flexibility index (Phi) is 11.7. The molecule has 1 aromatic rings. The standard InChI is InChI=1S/C28H41F2N3O8S/c1-17(2)14-21(25(35)32-22(26(36)42(38,39)40)16-20-10-13-31-24(20)34)33-27(37)41-23(15-18-6-4-3-5-7-18)19-8-11-28(29,30)12-9-19/h3-7,17,19-23,26,36H,8-16H2,1-2H3,(H,31,34)(H,32,35)(H,33,37)(H,38,39,40)/t20-,21-,22-,23-,26-/m0/s1. The molecule has 1 aliphatic heterocycles. The van der Waals surface area contributed by atoms with Gasteiger partial charge in [-0.25, -0.2) is 13.6 Å². The summed E-state index contributed by atoms with van der Waals surface area (Å²) in [7, 11) is -5.00. The third-order valence-electron chi connectivity index (χ3n) is 7.82. The smallest absolute Gasteiger partial charge is 0.408 e. The number of carbonyl (C=O) groups is 3. The highest BCUT2D eigenvalue weighted by molar-refractivity contribution is 7.86. The largest absolute Gasteiger partial charge is 0.446 e. The highest BCUT2D eigenvalue weighted by Crippen LogP contribution is 2.39. The molecule has 0 unspecified atom stereocenters. The van der Waals surface area contributed by atoms with Gasteiger partial charge in [0.2, 0.25) is 23.2 Å². The minimum absolute atomic E-state index is 0.110. The SMILES string of the molecule is CC(C)C[C@H](NC(=O)O[C@@H](Cc1ccccc1)C1CCC(F)(F)CC1)C(=O)N[C@@H](C[C@@H]1CCNC1=O)[C@@H](O)S(=O)(=O)O. The van der Waals surface area contributed by atoms with Gasteiger partial charge >= 0.3 is 6.09 Å². The van der Waals surface area contributed by atoms with Gasteiger partial charge in [0.05, 0.1) is 6.04 Å². The summed E-state index contributed by atoms with van der Waals surface area (Å²) >= 11 is 0. The quantitative estimate of drug-likeness (QED) is 0.210. The maximum atomic E-state index is 13.8. The second-order valence-corrected chi connectivity index (χ2v) is 13.2. The Labute approximate surface area is 244 Å². The van der Waals surface area contributed by atoms with Crippen LogP contribution in [-0.4, -0.2) is 72.1 Å². The fourth-order valence-corrected chi connectivity index (χ4v) is 6.11. The van der Waals surface area contributed by atoms with E-state index in [1.54, 1.807) is 13.8 Å². The molecule has 0 radical (unpaired) electrons. The van der Waals surface area contributed by atoms with E-state index >= 15 is 0 Å². The topological polar surface area (TPSA) is 171 Å². The number of hydrogen-bond donors (Lipinski definition) is 5. The van der Waals surface area contributed by atoms with Gasteiger partial charge in [0.15, 0.2) is 0 Å². The maximum Gasteiger partial charge on any atom is 0.408 e. The normalized spacial score (nSPS) is 22.1. The number of rotatable bonds is 13. The molecule has 42 heavy (non-hydrogen) atoms. The van der Waals surface area contributed by atoms with Crippen LogP contribution in [0.5, 0.6) is 0 Å². The molecule has 236 valence electrons. The van der Waals surface area contributed by atoms with E-state index in [9.17, 15) is 41.2 Å². The van der Waals surface area contributed by atoms with E-state index in [1.165, 1.54) is 0 Å². The zero-order chi connectivity index (χ0) is 31.1. The zero-order valence-electron chi connectivity index (χ0n) is 23.8. The van der Waals surface area contributed by atoms with Crippen molar-refractivity contribution in [2.24, 2.45) is 17.8 Å². The van der Waals surface area contributed by atoms with Crippen molar-refractivity contribution in [3.05, 3.63) is 35.9 Å². The molecule has 1 saturated carbocycles. The Morgan fingerprint density at radius 3 is 2.31 bits per heavy atom. The van der Waals surface area contributed by atoms with Crippen LogP contribution >= 0.6 is 0 Å². The lowest BCUT2D eigenvalue weighted by Gasteiger charge is -2.34. The summed E-state index contributed by atoms with van der Waals surface area (Å²) in [4.78, 5) is 38.5. The molecule has 5 atom stereocenters. The minimum atomic E-state index is -5.00. The van der Waals surface area contributed by atoms with E-state index in [0.29, 0.717) is 13.0 Å². The van der Waals surface area contributed by atoms with E-state index in [1.807, 2.05) is 30.3 Å². The van der Waals surface area contributed by atoms with Crippen molar-refractivity contribution in [2.45, 2.75) is 94.8 Å². The van der Waals surface area contributed by atoms with Crippen LogP contribution < -0.4 is 16.0 Å². The van der Waals surface area contributed by atoms with Gasteiger partial charge in [0, 0.05) is 31.7 Å². The molecule has 3 amide bonds. The van der Waals surface area contributed by atoms with Crippen molar-refractivity contribution < 1.29 is 46.0 Å². The van der Waals surface area contributed by atoms with Gasteiger partial charge < -0.3 is 25.8 Å².